The molecular formula is C25H29ClN2O3S. The zero-order valence-electron chi connectivity index (χ0n) is 18.4. The van der Waals surface area contributed by atoms with Crippen molar-refractivity contribution in [2.24, 2.45) is 0 Å². The molecule has 1 fully saturated rings. The van der Waals surface area contributed by atoms with Gasteiger partial charge in [-0.1, -0.05) is 54.0 Å². The molecule has 0 aromatic heterocycles. The summed E-state index contributed by atoms with van der Waals surface area (Å²) < 4.78 is 4.09. The van der Waals surface area contributed by atoms with Crippen molar-refractivity contribution in [3.8, 4) is 0 Å². The summed E-state index contributed by atoms with van der Waals surface area (Å²) in [4.78, 5) is 32.5. The lowest BCUT2D eigenvalue weighted by Crippen LogP contribution is -2.57. The van der Waals surface area contributed by atoms with Crippen LogP contribution in [0, 0.1) is 0 Å². The largest absolute Gasteiger partial charge is 0.465 e. The van der Waals surface area contributed by atoms with E-state index in [-0.39, 0.29) is 18.9 Å². The molecule has 1 unspecified atom stereocenters. The van der Waals surface area contributed by atoms with Gasteiger partial charge in [-0.05, 0) is 62.7 Å². The van der Waals surface area contributed by atoms with Crippen LogP contribution < -0.4 is 4.90 Å². The highest BCUT2D eigenvalue weighted by atomic mass is 35.5. The smallest absolute Gasteiger partial charge is 0.332 e. The van der Waals surface area contributed by atoms with E-state index in [4.69, 9.17) is 16.3 Å². The van der Waals surface area contributed by atoms with Crippen LogP contribution >= 0.6 is 23.4 Å². The van der Waals surface area contributed by atoms with Crippen LogP contribution in [0.25, 0.3) is 0 Å². The van der Waals surface area contributed by atoms with Crippen LogP contribution in [-0.2, 0) is 20.7 Å². The van der Waals surface area contributed by atoms with Crippen LogP contribution in [0.5, 0.6) is 0 Å². The first kappa shape index (κ1) is 23.1. The minimum atomic E-state index is -1.38. The van der Waals surface area contributed by atoms with E-state index in [0.29, 0.717) is 11.6 Å². The van der Waals surface area contributed by atoms with E-state index >= 15 is 0 Å². The van der Waals surface area contributed by atoms with Crippen LogP contribution in [0.1, 0.15) is 31.7 Å². The third-order valence-electron chi connectivity index (χ3n) is 6.07. The van der Waals surface area contributed by atoms with Crippen LogP contribution in [0.4, 0.5) is 5.69 Å². The number of carbonyl (C=O) groups is 2. The summed E-state index contributed by atoms with van der Waals surface area (Å²) in [6.07, 6.45) is 3.89. The van der Waals surface area contributed by atoms with Gasteiger partial charge in [-0.2, -0.15) is 0 Å². The summed E-state index contributed by atoms with van der Waals surface area (Å²) in [5, 5.41) is 0.581. The summed E-state index contributed by atoms with van der Waals surface area (Å²) in [6, 6.07) is 15.2. The zero-order valence-corrected chi connectivity index (χ0v) is 20.0. The molecule has 1 amide bonds. The van der Waals surface area contributed by atoms with Gasteiger partial charge in [-0.25, -0.2) is 4.79 Å². The molecule has 4 rings (SSSR count). The number of carbonyl (C=O) groups excluding carboxylic acids is 2. The van der Waals surface area contributed by atoms with E-state index in [0.717, 1.165) is 35.8 Å². The van der Waals surface area contributed by atoms with E-state index in [1.807, 2.05) is 42.5 Å². The molecule has 1 saturated heterocycles. The molecule has 2 aromatic carbocycles. The van der Waals surface area contributed by atoms with Gasteiger partial charge in [-0.15, -0.1) is 0 Å². The number of benzene rings is 2. The average Bonchev–Trinajstić information content (AvgIpc) is 2.80. The lowest BCUT2D eigenvalue weighted by atomic mass is 9.95. The highest BCUT2D eigenvalue weighted by molar-refractivity contribution is 8.02. The molecule has 2 aliphatic heterocycles. The monoisotopic (exact) mass is 472 g/mol. The summed E-state index contributed by atoms with van der Waals surface area (Å²) in [5.74, 6) is -0.705. The lowest BCUT2D eigenvalue weighted by molar-refractivity contribution is -0.149. The van der Waals surface area contributed by atoms with Crippen molar-refractivity contribution >= 4 is 40.9 Å². The predicted molar refractivity (Wildman–Crippen MR) is 129 cm³/mol. The number of hydrogen-bond donors (Lipinski definition) is 0. The maximum atomic E-state index is 14.0. The van der Waals surface area contributed by atoms with Crippen LogP contribution in [-0.4, -0.2) is 54.3 Å². The summed E-state index contributed by atoms with van der Waals surface area (Å²) in [6.45, 7) is 5.45. The number of hydrogen-bond acceptors (Lipinski definition) is 5. The van der Waals surface area contributed by atoms with Gasteiger partial charge in [0.05, 0.1) is 12.3 Å². The number of rotatable bonds is 7. The second kappa shape index (κ2) is 10.3. The topological polar surface area (TPSA) is 49.9 Å². The molecule has 2 aliphatic rings. The molecule has 0 saturated carbocycles. The maximum Gasteiger partial charge on any atom is 0.332 e. The van der Waals surface area contributed by atoms with E-state index in [9.17, 15) is 9.59 Å². The van der Waals surface area contributed by atoms with Gasteiger partial charge in [0.15, 0.2) is 0 Å². The SMILES string of the molecule is CCOC(=O)C1(Cc2cccc(Cl)c2)Sc2ccccc2N(CCN2CCCCC2)C1=O. The van der Waals surface area contributed by atoms with Crippen LogP contribution in [0.15, 0.2) is 53.4 Å². The van der Waals surface area contributed by atoms with Gasteiger partial charge in [0, 0.05) is 29.4 Å². The Morgan fingerprint density at radius 2 is 1.88 bits per heavy atom. The first-order chi connectivity index (χ1) is 15.5. The van der Waals surface area contributed by atoms with Crippen LogP contribution in [0.3, 0.4) is 0 Å². The molecule has 170 valence electrons. The molecule has 32 heavy (non-hydrogen) atoms. The first-order valence-electron chi connectivity index (χ1n) is 11.3. The van der Waals surface area contributed by atoms with Gasteiger partial charge in [0.2, 0.25) is 4.75 Å². The van der Waals surface area contributed by atoms with Crippen molar-refractivity contribution in [3.05, 3.63) is 59.1 Å². The molecule has 0 bridgehead atoms. The van der Waals surface area contributed by atoms with Crippen LogP contribution in [0.2, 0.25) is 5.02 Å². The molecule has 0 aliphatic carbocycles. The molecule has 7 heteroatoms. The lowest BCUT2D eigenvalue weighted by Gasteiger charge is -2.41. The molecule has 1 atom stereocenters. The van der Waals surface area contributed by atoms with Crippen molar-refractivity contribution in [1.82, 2.24) is 4.90 Å². The molecular weight excluding hydrogens is 444 g/mol. The molecule has 0 N–H and O–H groups in total. The highest BCUT2D eigenvalue weighted by Gasteiger charge is 2.54. The fourth-order valence-corrected chi connectivity index (χ4v) is 6.06. The number of para-hydroxylation sites is 1. The van der Waals surface area contributed by atoms with Gasteiger partial charge in [-0.3, -0.25) is 4.79 Å². The zero-order chi connectivity index (χ0) is 22.6. The first-order valence-corrected chi connectivity index (χ1v) is 12.5. The Balaban J connectivity index is 1.70. The third-order valence-corrected chi connectivity index (χ3v) is 7.70. The van der Waals surface area contributed by atoms with Gasteiger partial charge >= 0.3 is 5.97 Å². The second-order valence-corrected chi connectivity index (χ2v) is 10.1. The number of thioether (sulfide) groups is 1. The van der Waals surface area contributed by atoms with Crippen molar-refractivity contribution in [2.75, 3.05) is 37.7 Å². The third kappa shape index (κ3) is 4.82. The van der Waals surface area contributed by atoms with Crippen molar-refractivity contribution in [2.45, 2.75) is 42.2 Å². The van der Waals surface area contributed by atoms with Crippen molar-refractivity contribution in [3.63, 3.8) is 0 Å². The number of ether oxygens (including phenoxy) is 1. The van der Waals surface area contributed by atoms with Gasteiger partial charge in [0.25, 0.3) is 5.91 Å². The second-order valence-electron chi connectivity index (χ2n) is 8.28. The Kier molecular flexibility index (Phi) is 7.44. The number of anilines is 1. The quantitative estimate of drug-likeness (QED) is 0.427. The van der Waals surface area contributed by atoms with Crippen molar-refractivity contribution in [1.29, 1.82) is 0 Å². The Bertz CT molecular complexity index is 979. The average molecular weight is 473 g/mol. The molecule has 2 aromatic rings. The van der Waals surface area contributed by atoms with Gasteiger partial charge in [0.1, 0.15) is 0 Å². The summed E-state index contributed by atoms with van der Waals surface area (Å²) in [7, 11) is 0. The predicted octanol–water partition coefficient (Wildman–Crippen LogP) is 4.81. The normalized spacial score (nSPS) is 21.3. The minimum Gasteiger partial charge on any atom is -0.465 e. The van der Waals surface area contributed by atoms with E-state index < -0.39 is 10.7 Å². The fourth-order valence-electron chi connectivity index (χ4n) is 4.47. The Labute approximate surface area is 199 Å². The number of piperidine rings is 1. The van der Waals surface area contributed by atoms with Gasteiger partial charge < -0.3 is 14.5 Å². The Hall–Kier alpha value is -2.02. The molecule has 0 radical (unpaired) electrons. The number of halogens is 1. The fraction of sp³-hybridized carbons (Fsp3) is 0.440. The van der Waals surface area contributed by atoms with Crippen molar-refractivity contribution < 1.29 is 14.3 Å². The number of esters is 1. The number of fused-ring (bicyclic) bond motifs is 1. The molecule has 2 heterocycles. The van der Waals surface area contributed by atoms with E-state index in [1.54, 1.807) is 17.9 Å². The summed E-state index contributed by atoms with van der Waals surface area (Å²) in [5.41, 5.74) is 1.70. The molecule has 0 spiro atoms. The standard InChI is InChI=1S/C25H29ClN2O3S/c1-2-31-24(30)25(18-19-9-8-10-20(26)17-19)23(29)28(16-15-27-13-6-3-7-14-27)21-11-4-5-12-22(21)32-25/h4-5,8-12,17H,2-3,6-7,13-16,18H2,1H3. The highest BCUT2D eigenvalue weighted by Crippen LogP contribution is 2.47. The Morgan fingerprint density at radius 1 is 1.09 bits per heavy atom. The number of amides is 1. The maximum absolute atomic E-state index is 14.0. The van der Waals surface area contributed by atoms with E-state index in [2.05, 4.69) is 4.90 Å². The summed E-state index contributed by atoms with van der Waals surface area (Å²) >= 11 is 7.51. The number of nitrogens with zero attached hydrogens (tertiary/aromatic N) is 2. The Morgan fingerprint density at radius 3 is 2.62 bits per heavy atom. The molecule has 5 nitrogen and oxygen atoms in total. The number of likely N-dealkylation sites (tertiary alicyclic amines) is 1. The minimum absolute atomic E-state index is 0.211. The van der Waals surface area contributed by atoms with E-state index in [1.165, 1.54) is 31.0 Å².